The van der Waals surface area contributed by atoms with Gasteiger partial charge in [0.05, 0.1) is 10.6 Å². The molecule has 0 spiro atoms. The van der Waals surface area contributed by atoms with Gasteiger partial charge in [-0.25, -0.2) is 8.42 Å². The molecule has 0 radical (unpaired) electrons. The van der Waals surface area contributed by atoms with Crippen LogP contribution in [0, 0.1) is 20.8 Å². The average Bonchev–Trinajstić information content (AvgIpc) is 2.87. The third kappa shape index (κ3) is 7.32. The summed E-state index contributed by atoms with van der Waals surface area (Å²) in [6.45, 7) is 6.86. The van der Waals surface area contributed by atoms with E-state index in [9.17, 15) is 18.0 Å². The Labute approximate surface area is 240 Å². The van der Waals surface area contributed by atoms with Crippen molar-refractivity contribution >= 4 is 50.7 Å². The maximum absolute atomic E-state index is 14.0. The lowest BCUT2D eigenvalue weighted by atomic mass is 10.1. The lowest BCUT2D eigenvalue weighted by Gasteiger charge is -2.33. The molecule has 3 rings (SSSR count). The topological polar surface area (TPSA) is 86.8 Å². The number of hydrogen-bond acceptors (Lipinski definition) is 4. The van der Waals surface area contributed by atoms with E-state index in [4.69, 9.17) is 23.2 Å². The lowest BCUT2D eigenvalue weighted by Crippen LogP contribution is -2.51. The molecule has 0 aromatic heterocycles. The molecule has 39 heavy (non-hydrogen) atoms. The predicted octanol–water partition coefficient (Wildman–Crippen LogP) is 5.67. The molecule has 10 heteroatoms. The molecule has 1 N–H and O–H groups in total. The molecule has 3 aromatic carbocycles. The standard InChI is InChI=1S/C29H33Cl2N3O4S/c1-6-27(29(36)32-5)33(17-22-9-10-23(30)16-26(22)31)28(35)18-34(24-14-20(3)13-21(4)15-24)39(37,38)25-11-7-19(2)8-12-25/h7-16,27H,6,17-18H2,1-5H3,(H,32,36)/t27-/m1/s1. The van der Waals surface area contributed by atoms with E-state index in [1.165, 1.54) is 24.1 Å². The number of nitrogens with zero attached hydrogens (tertiary/aromatic N) is 2. The Kier molecular flexibility index (Phi) is 10.0. The smallest absolute Gasteiger partial charge is 0.264 e. The van der Waals surface area contributed by atoms with E-state index in [0.717, 1.165) is 21.0 Å². The Morgan fingerprint density at radius 1 is 0.897 bits per heavy atom. The van der Waals surface area contributed by atoms with Crippen molar-refractivity contribution in [1.82, 2.24) is 10.2 Å². The minimum atomic E-state index is -4.14. The van der Waals surface area contributed by atoms with Gasteiger partial charge < -0.3 is 10.2 Å². The SMILES string of the molecule is CC[C@H](C(=O)NC)N(Cc1ccc(Cl)cc1Cl)C(=O)CN(c1cc(C)cc(C)c1)S(=O)(=O)c1ccc(C)cc1. The Morgan fingerprint density at radius 3 is 2.05 bits per heavy atom. The van der Waals surface area contributed by atoms with E-state index < -0.39 is 28.5 Å². The van der Waals surface area contributed by atoms with Crippen LogP contribution < -0.4 is 9.62 Å². The van der Waals surface area contributed by atoms with Gasteiger partial charge in [0.2, 0.25) is 11.8 Å². The zero-order chi connectivity index (χ0) is 28.9. The van der Waals surface area contributed by atoms with E-state index >= 15 is 0 Å². The van der Waals surface area contributed by atoms with Crippen LogP contribution in [-0.2, 0) is 26.2 Å². The number of nitrogens with one attached hydrogen (secondary N) is 1. The highest BCUT2D eigenvalue weighted by atomic mass is 35.5. The molecule has 1 atom stereocenters. The van der Waals surface area contributed by atoms with Crippen LogP contribution in [0.3, 0.4) is 0 Å². The van der Waals surface area contributed by atoms with Gasteiger partial charge >= 0.3 is 0 Å². The molecule has 7 nitrogen and oxygen atoms in total. The highest BCUT2D eigenvalue weighted by molar-refractivity contribution is 7.92. The van der Waals surface area contributed by atoms with E-state index in [0.29, 0.717) is 27.7 Å². The predicted molar refractivity (Wildman–Crippen MR) is 157 cm³/mol. The van der Waals surface area contributed by atoms with Crippen molar-refractivity contribution in [3.63, 3.8) is 0 Å². The van der Waals surface area contributed by atoms with E-state index in [2.05, 4.69) is 5.32 Å². The molecular weight excluding hydrogens is 557 g/mol. The molecule has 0 aliphatic carbocycles. The fraction of sp³-hybridized carbons (Fsp3) is 0.310. The molecule has 2 amide bonds. The number of halogens is 2. The van der Waals surface area contributed by atoms with Crippen LogP contribution in [0.4, 0.5) is 5.69 Å². The number of rotatable bonds is 10. The minimum absolute atomic E-state index is 0.00791. The number of likely N-dealkylation sites (N-methyl/N-ethyl adjacent to an activating group) is 1. The third-order valence-electron chi connectivity index (χ3n) is 6.37. The number of sulfonamides is 1. The van der Waals surface area contributed by atoms with Gasteiger partial charge in [0.1, 0.15) is 12.6 Å². The maximum atomic E-state index is 14.0. The second kappa shape index (κ2) is 12.9. The summed E-state index contributed by atoms with van der Waals surface area (Å²) in [4.78, 5) is 28.3. The Balaban J connectivity index is 2.11. The normalized spacial score (nSPS) is 12.1. The molecule has 208 valence electrons. The first-order valence-corrected chi connectivity index (χ1v) is 14.7. The van der Waals surface area contributed by atoms with Crippen LogP contribution in [0.25, 0.3) is 0 Å². The summed E-state index contributed by atoms with van der Waals surface area (Å²) < 4.78 is 29.0. The number of aryl methyl sites for hydroxylation is 3. The van der Waals surface area contributed by atoms with Crippen molar-refractivity contribution < 1.29 is 18.0 Å². The molecule has 0 bridgehead atoms. The van der Waals surface area contributed by atoms with Crippen LogP contribution in [-0.4, -0.2) is 44.8 Å². The average molecular weight is 591 g/mol. The van der Waals surface area contributed by atoms with Crippen LogP contribution in [0.1, 0.15) is 35.6 Å². The van der Waals surface area contributed by atoms with Crippen molar-refractivity contribution in [1.29, 1.82) is 0 Å². The lowest BCUT2D eigenvalue weighted by molar-refractivity contribution is -0.140. The Hall–Kier alpha value is -3.07. The van der Waals surface area contributed by atoms with Crippen LogP contribution >= 0.6 is 23.2 Å². The van der Waals surface area contributed by atoms with Gasteiger partial charge in [0, 0.05) is 23.6 Å². The highest BCUT2D eigenvalue weighted by Crippen LogP contribution is 2.28. The summed E-state index contributed by atoms with van der Waals surface area (Å²) >= 11 is 12.5. The van der Waals surface area contributed by atoms with Crippen molar-refractivity contribution in [2.24, 2.45) is 0 Å². The van der Waals surface area contributed by atoms with E-state index in [-0.39, 0.29) is 17.3 Å². The maximum Gasteiger partial charge on any atom is 0.264 e. The molecule has 0 aliphatic heterocycles. The van der Waals surface area contributed by atoms with Crippen molar-refractivity contribution in [3.05, 3.63) is 93.0 Å². The monoisotopic (exact) mass is 589 g/mol. The fourth-order valence-electron chi connectivity index (χ4n) is 4.38. The number of amides is 2. The third-order valence-corrected chi connectivity index (χ3v) is 8.75. The Morgan fingerprint density at radius 2 is 1.51 bits per heavy atom. The largest absolute Gasteiger partial charge is 0.357 e. The first kappa shape index (κ1) is 30.5. The summed E-state index contributed by atoms with van der Waals surface area (Å²) in [5.41, 5.74) is 3.55. The summed E-state index contributed by atoms with van der Waals surface area (Å²) in [5.74, 6) is -0.915. The molecule has 0 unspecified atom stereocenters. The second-order valence-corrected chi connectivity index (χ2v) is 12.2. The summed E-state index contributed by atoms with van der Waals surface area (Å²) in [6, 6.07) is 15.9. The van der Waals surface area contributed by atoms with E-state index in [1.807, 2.05) is 26.8 Å². The van der Waals surface area contributed by atoms with Gasteiger partial charge in [-0.15, -0.1) is 0 Å². The van der Waals surface area contributed by atoms with Gasteiger partial charge in [0.25, 0.3) is 10.0 Å². The highest BCUT2D eigenvalue weighted by Gasteiger charge is 2.33. The van der Waals surface area contributed by atoms with Gasteiger partial charge in [-0.3, -0.25) is 13.9 Å². The number of hydrogen-bond donors (Lipinski definition) is 1. The van der Waals surface area contributed by atoms with Gasteiger partial charge in [-0.05, 0) is 80.3 Å². The fourth-order valence-corrected chi connectivity index (χ4v) is 6.25. The zero-order valence-corrected chi connectivity index (χ0v) is 25.0. The van der Waals surface area contributed by atoms with Gasteiger partial charge in [-0.2, -0.15) is 0 Å². The number of carbonyl (C=O) groups excluding carboxylic acids is 2. The second-order valence-electron chi connectivity index (χ2n) is 9.47. The quantitative estimate of drug-likeness (QED) is 0.330. The first-order chi connectivity index (χ1) is 18.4. The van der Waals surface area contributed by atoms with Gasteiger partial charge in [-0.1, -0.05) is 60.0 Å². The zero-order valence-electron chi connectivity index (χ0n) is 22.7. The summed E-state index contributed by atoms with van der Waals surface area (Å²) in [6.07, 6.45) is 0.310. The molecular formula is C29H33Cl2N3O4S. The molecule has 0 fully saturated rings. The molecule has 0 saturated carbocycles. The molecule has 0 aliphatic rings. The van der Waals surface area contributed by atoms with E-state index in [1.54, 1.807) is 49.4 Å². The van der Waals surface area contributed by atoms with Crippen LogP contribution in [0.2, 0.25) is 10.0 Å². The number of carbonyl (C=O) groups is 2. The van der Waals surface area contributed by atoms with Crippen molar-refractivity contribution in [2.75, 3.05) is 17.9 Å². The van der Waals surface area contributed by atoms with Gasteiger partial charge in [0.15, 0.2) is 0 Å². The van der Waals surface area contributed by atoms with Crippen LogP contribution in [0.15, 0.2) is 65.6 Å². The first-order valence-electron chi connectivity index (χ1n) is 12.5. The van der Waals surface area contributed by atoms with Crippen molar-refractivity contribution in [2.45, 2.75) is 51.6 Å². The molecule has 0 heterocycles. The number of benzene rings is 3. The number of anilines is 1. The Bertz CT molecular complexity index is 1440. The molecule has 3 aromatic rings. The molecule has 0 saturated heterocycles. The van der Waals surface area contributed by atoms with Crippen LogP contribution in [0.5, 0.6) is 0 Å². The summed E-state index contributed by atoms with van der Waals surface area (Å²) in [7, 11) is -2.64. The minimum Gasteiger partial charge on any atom is -0.357 e. The van der Waals surface area contributed by atoms with Crippen molar-refractivity contribution in [3.8, 4) is 0 Å². The summed E-state index contributed by atoms with van der Waals surface area (Å²) in [5, 5.41) is 3.38.